The number of hydrogen-bond acceptors (Lipinski definition) is 2. The molecular weight excluding hydrogens is 222 g/mol. The van der Waals surface area contributed by atoms with E-state index in [0.717, 1.165) is 18.9 Å². The SMILES string of the molecule is CCCC1CCCN(CCC(O)C(C)(C)C)CC1. The van der Waals surface area contributed by atoms with Gasteiger partial charge < -0.3 is 10.0 Å². The fraction of sp³-hybridized carbons (Fsp3) is 1.00. The molecule has 1 rings (SSSR count). The van der Waals surface area contributed by atoms with Gasteiger partial charge in [0.2, 0.25) is 0 Å². The van der Waals surface area contributed by atoms with Crippen LogP contribution in [0, 0.1) is 11.3 Å². The highest BCUT2D eigenvalue weighted by atomic mass is 16.3. The van der Waals surface area contributed by atoms with Gasteiger partial charge in [-0.05, 0) is 50.1 Å². The van der Waals surface area contributed by atoms with E-state index in [2.05, 4.69) is 32.6 Å². The number of aliphatic hydroxyl groups excluding tert-OH is 1. The standard InChI is InChI=1S/C16H33NO/c1-5-7-14-8-6-11-17(12-9-14)13-10-15(18)16(2,3)4/h14-15,18H,5-13H2,1-4H3. The summed E-state index contributed by atoms with van der Waals surface area (Å²) in [5, 5.41) is 10.1. The normalized spacial score (nSPS) is 24.8. The molecule has 1 N–H and O–H groups in total. The predicted octanol–water partition coefficient (Wildman–Crippen LogP) is 3.69. The first-order valence-corrected chi connectivity index (χ1v) is 7.84. The largest absolute Gasteiger partial charge is 0.393 e. The summed E-state index contributed by atoms with van der Waals surface area (Å²) in [6.45, 7) is 12.2. The Labute approximate surface area is 114 Å². The fourth-order valence-electron chi connectivity index (χ4n) is 2.88. The van der Waals surface area contributed by atoms with Crippen LogP contribution in [0.25, 0.3) is 0 Å². The van der Waals surface area contributed by atoms with Gasteiger partial charge >= 0.3 is 0 Å². The van der Waals surface area contributed by atoms with E-state index in [-0.39, 0.29) is 11.5 Å². The quantitative estimate of drug-likeness (QED) is 0.810. The van der Waals surface area contributed by atoms with E-state index >= 15 is 0 Å². The van der Waals surface area contributed by atoms with Crippen molar-refractivity contribution in [3.8, 4) is 0 Å². The van der Waals surface area contributed by atoms with Gasteiger partial charge in [-0.15, -0.1) is 0 Å². The van der Waals surface area contributed by atoms with E-state index in [1.54, 1.807) is 0 Å². The average molecular weight is 255 g/mol. The van der Waals surface area contributed by atoms with Crippen LogP contribution < -0.4 is 0 Å². The van der Waals surface area contributed by atoms with Crippen LogP contribution in [0.3, 0.4) is 0 Å². The van der Waals surface area contributed by atoms with Gasteiger partial charge in [-0.3, -0.25) is 0 Å². The second-order valence-electron chi connectivity index (χ2n) is 7.10. The molecule has 0 saturated carbocycles. The van der Waals surface area contributed by atoms with Gasteiger partial charge in [-0.2, -0.15) is 0 Å². The molecule has 108 valence electrons. The van der Waals surface area contributed by atoms with Gasteiger partial charge in [-0.25, -0.2) is 0 Å². The minimum absolute atomic E-state index is 0.0244. The van der Waals surface area contributed by atoms with Crippen LogP contribution in [0.4, 0.5) is 0 Å². The maximum Gasteiger partial charge on any atom is 0.0600 e. The zero-order valence-corrected chi connectivity index (χ0v) is 12.9. The Morgan fingerprint density at radius 1 is 1.22 bits per heavy atom. The minimum Gasteiger partial charge on any atom is -0.393 e. The molecule has 2 heteroatoms. The van der Waals surface area contributed by atoms with Crippen LogP contribution in [0.1, 0.15) is 66.2 Å². The molecule has 0 aromatic carbocycles. The van der Waals surface area contributed by atoms with E-state index in [0.29, 0.717) is 0 Å². The molecule has 1 aliphatic heterocycles. The Morgan fingerprint density at radius 3 is 2.56 bits per heavy atom. The van der Waals surface area contributed by atoms with Crippen molar-refractivity contribution in [1.82, 2.24) is 4.90 Å². The first-order chi connectivity index (χ1) is 8.43. The third-order valence-electron chi connectivity index (χ3n) is 4.36. The molecule has 1 fully saturated rings. The Hall–Kier alpha value is -0.0800. The minimum atomic E-state index is -0.174. The molecule has 0 aromatic heterocycles. The number of aliphatic hydroxyl groups is 1. The molecule has 1 aliphatic rings. The van der Waals surface area contributed by atoms with Gasteiger partial charge in [0.15, 0.2) is 0 Å². The highest BCUT2D eigenvalue weighted by Gasteiger charge is 2.23. The summed E-state index contributed by atoms with van der Waals surface area (Å²) in [6, 6.07) is 0. The summed E-state index contributed by atoms with van der Waals surface area (Å²) in [5.74, 6) is 0.951. The summed E-state index contributed by atoms with van der Waals surface area (Å²) in [5.41, 5.74) is 0.0244. The highest BCUT2D eigenvalue weighted by molar-refractivity contribution is 4.76. The van der Waals surface area contributed by atoms with Crippen molar-refractivity contribution < 1.29 is 5.11 Å². The molecule has 0 spiro atoms. The molecule has 1 heterocycles. The lowest BCUT2D eigenvalue weighted by Gasteiger charge is -2.28. The maximum atomic E-state index is 10.1. The molecular formula is C16H33NO. The average Bonchev–Trinajstić information content (AvgIpc) is 2.51. The fourth-order valence-corrected chi connectivity index (χ4v) is 2.88. The lowest BCUT2D eigenvalue weighted by Crippen LogP contribution is -2.33. The first kappa shape index (κ1) is 16.0. The van der Waals surface area contributed by atoms with Crippen molar-refractivity contribution in [2.45, 2.75) is 72.3 Å². The molecule has 0 aromatic rings. The van der Waals surface area contributed by atoms with Gasteiger partial charge in [0.1, 0.15) is 0 Å². The van der Waals surface area contributed by atoms with E-state index < -0.39 is 0 Å². The summed E-state index contributed by atoms with van der Waals surface area (Å²) < 4.78 is 0. The summed E-state index contributed by atoms with van der Waals surface area (Å²) >= 11 is 0. The van der Waals surface area contributed by atoms with E-state index in [9.17, 15) is 5.11 Å². The second kappa shape index (κ2) is 7.49. The van der Waals surface area contributed by atoms with Crippen molar-refractivity contribution in [2.75, 3.05) is 19.6 Å². The van der Waals surface area contributed by atoms with Gasteiger partial charge in [0.05, 0.1) is 6.10 Å². The smallest absolute Gasteiger partial charge is 0.0600 e. The third kappa shape index (κ3) is 5.71. The van der Waals surface area contributed by atoms with Crippen molar-refractivity contribution >= 4 is 0 Å². The molecule has 0 amide bonds. The molecule has 2 atom stereocenters. The first-order valence-electron chi connectivity index (χ1n) is 7.84. The zero-order chi connectivity index (χ0) is 13.6. The lowest BCUT2D eigenvalue weighted by molar-refractivity contribution is 0.0458. The maximum absolute atomic E-state index is 10.1. The van der Waals surface area contributed by atoms with Crippen molar-refractivity contribution in [1.29, 1.82) is 0 Å². The topological polar surface area (TPSA) is 23.5 Å². The Bertz CT molecular complexity index is 222. The van der Waals surface area contributed by atoms with Crippen LogP contribution in [-0.4, -0.2) is 35.7 Å². The van der Waals surface area contributed by atoms with Crippen molar-refractivity contribution in [3.05, 3.63) is 0 Å². The molecule has 0 radical (unpaired) electrons. The molecule has 2 nitrogen and oxygen atoms in total. The number of rotatable bonds is 5. The van der Waals surface area contributed by atoms with Gasteiger partial charge in [0, 0.05) is 6.54 Å². The van der Waals surface area contributed by atoms with Gasteiger partial charge in [-0.1, -0.05) is 40.5 Å². The van der Waals surface area contributed by atoms with Gasteiger partial charge in [0.25, 0.3) is 0 Å². The van der Waals surface area contributed by atoms with Crippen molar-refractivity contribution in [2.24, 2.45) is 11.3 Å². The lowest BCUT2D eigenvalue weighted by atomic mass is 9.87. The van der Waals surface area contributed by atoms with Crippen molar-refractivity contribution in [3.63, 3.8) is 0 Å². The van der Waals surface area contributed by atoms with E-state index in [1.165, 1.54) is 45.2 Å². The monoisotopic (exact) mass is 255 g/mol. The molecule has 18 heavy (non-hydrogen) atoms. The third-order valence-corrected chi connectivity index (χ3v) is 4.36. The van der Waals surface area contributed by atoms with Crippen LogP contribution in [0.15, 0.2) is 0 Å². The molecule has 0 bridgehead atoms. The summed E-state index contributed by atoms with van der Waals surface area (Å²) in [4.78, 5) is 2.56. The Balaban J connectivity index is 2.27. The molecule has 2 unspecified atom stereocenters. The second-order valence-corrected chi connectivity index (χ2v) is 7.10. The molecule has 1 saturated heterocycles. The number of nitrogens with zero attached hydrogens (tertiary/aromatic N) is 1. The Kier molecular flexibility index (Phi) is 6.65. The number of hydrogen-bond donors (Lipinski definition) is 1. The summed E-state index contributed by atoms with van der Waals surface area (Å²) in [6.07, 6.45) is 7.59. The molecule has 0 aliphatic carbocycles. The highest BCUT2D eigenvalue weighted by Crippen LogP contribution is 2.24. The Morgan fingerprint density at radius 2 is 1.94 bits per heavy atom. The van der Waals surface area contributed by atoms with Crippen LogP contribution in [0.5, 0.6) is 0 Å². The van der Waals surface area contributed by atoms with Crippen LogP contribution >= 0.6 is 0 Å². The zero-order valence-electron chi connectivity index (χ0n) is 12.9. The predicted molar refractivity (Wildman–Crippen MR) is 78.8 cm³/mol. The van der Waals surface area contributed by atoms with E-state index in [1.807, 2.05) is 0 Å². The van der Waals surface area contributed by atoms with Crippen LogP contribution in [0.2, 0.25) is 0 Å². The summed E-state index contributed by atoms with van der Waals surface area (Å²) in [7, 11) is 0. The van der Waals surface area contributed by atoms with E-state index in [4.69, 9.17) is 0 Å². The number of likely N-dealkylation sites (tertiary alicyclic amines) is 1. The van der Waals surface area contributed by atoms with Crippen LogP contribution in [-0.2, 0) is 0 Å².